The molecule has 0 fully saturated rings. The number of fused-ring (bicyclic) bond motifs is 1. The summed E-state index contributed by atoms with van der Waals surface area (Å²) in [7, 11) is 0. The number of benzene rings is 1. The van der Waals surface area contributed by atoms with Crippen molar-refractivity contribution >= 4 is 28.6 Å². The number of nitrogens with zero attached hydrogens (tertiary/aromatic N) is 2. The van der Waals surface area contributed by atoms with Crippen molar-refractivity contribution in [2.24, 2.45) is 5.73 Å². The molecule has 1 aliphatic rings. The highest BCUT2D eigenvalue weighted by Crippen LogP contribution is 2.33. The maximum absolute atomic E-state index is 5.82. The van der Waals surface area contributed by atoms with Gasteiger partial charge in [0.1, 0.15) is 10.7 Å². The van der Waals surface area contributed by atoms with Crippen LogP contribution in [0.1, 0.15) is 24.1 Å². The predicted octanol–water partition coefficient (Wildman–Crippen LogP) is 3.19. The summed E-state index contributed by atoms with van der Waals surface area (Å²) in [5.41, 5.74) is 10.2. The summed E-state index contributed by atoms with van der Waals surface area (Å²) in [5.74, 6) is 0. The zero-order chi connectivity index (χ0) is 13.9. The molecule has 0 saturated heterocycles. The average Bonchev–Trinajstić information content (AvgIpc) is 2.69. The van der Waals surface area contributed by atoms with E-state index in [1.165, 1.54) is 17.7 Å². The molecule has 0 amide bonds. The van der Waals surface area contributed by atoms with Gasteiger partial charge in [0.2, 0.25) is 0 Å². The summed E-state index contributed by atoms with van der Waals surface area (Å²) in [5, 5.41) is 0. The molecule has 3 nitrogen and oxygen atoms in total. The van der Waals surface area contributed by atoms with Crippen LogP contribution in [0.2, 0.25) is 0 Å². The molecule has 0 radical (unpaired) electrons. The molecule has 0 spiro atoms. The van der Waals surface area contributed by atoms with Crippen LogP contribution in [-0.2, 0) is 6.42 Å². The fraction of sp³-hybridized carbons (Fsp3) is 0.250. The first-order chi connectivity index (χ1) is 9.77. The lowest BCUT2D eigenvalue weighted by atomic mass is 10.1. The minimum atomic E-state index is 0.349. The first kappa shape index (κ1) is 13.1. The Bertz CT molecular complexity index is 639. The van der Waals surface area contributed by atoms with Gasteiger partial charge in [-0.2, -0.15) is 0 Å². The smallest absolute Gasteiger partial charge is 0.124 e. The van der Waals surface area contributed by atoms with E-state index in [2.05, 4.69) is 34.1 Å². The SMILES string of the molecule is NC(=S)c1ncccc1N1CCCCc2ccccc21. The molecule has 3 rings (SSSR count). The van der Waals surface area contributed by atoms with Crippen molar-refractivity contribution in [1.29, 1.82) is 0 Å². The van der Waals surface area contributed by atoms with Gasteiger partial charge in [-0.1, -0.05) is 30.4 Å². The van der Waals surface area contributed by atoms with Gasteiger partial charge in [0.05, 0.1) is 5.69 Å². The first-order valence-electron chi connectivity index (χ1n) is 6.87. The van der Waals surface area contributed by atoms with E-state index in [4.69, 9.17) is 18.0 Å². The minimum Gasteiger partial charge on any atom is -0.388 e. The molecule has 1 aliphatic heterocycles. The van der Waals surface area contributed by atoms with Gasteiger partial charge < -0.3 is 10.6 Å². The number of pyridine rings is 1. The van der Waals surface area contributed by atoms with Crippen LogP contribution in [0.15, 0.2) is 42.6 Å². The second-order valence-corrected chi connectivity index (χ2v) is 5.41. The molecule has 1 aromatic carbocycles. The van der Waals surface area contributed by atoms with Crippen LogP contribution >= 0.6 is 12.2 Å². The molecule has 20 heavy (non-hydrogen) atoms. The number of hydrogen-bond acceptors (Lipinski definition) is 3. The average molecular weight is 283 g/mol. The molecular weight excluding hydrogens is 266 g/mol. The van der Waals surface area contributed by atoms with Gasteiger partial charge in [0.25, 0.3) is 0 Å². The molecule has 0 unspecified atom stereocenters. The highest BCUT2D eigenvalue weighted by Gasteiger charge is 2.19. The summed E-state index contributed by atoms with van der Waals surface area (Å²) in [6.07, 6.45) is 5.22. The molecule has 102 valence electrons. The Morgan fingerprint density at radius 2 is 1.90 bits per heavy atom. The van der Waals surface area contributed by atoms with Gasteiger partial charge in [-0.25, -0.2) is 0 Å². The molecular formula is C16H17N3S. The number of nitrogens with two attached hydrogens (primary N) is 1. The van der Waals surface area contributed by atoms with E-state index in [1.54, 1.807) is 6.20 Å². The van der Waals surface area contributed by atoms with E-state index in [0.717, 1.165) is 25.1 Å². The zero-order valence-corrected chi connectivity index (χ0v) is 12.1. The minimum absolute atomic E-state index is 0.349. The molecule has 0 aliphatic carbocycles. The lowest BCUT2D eigenvalue weighted by Crippen LogP contribution is -2.23. The number of thiocarbonyl (C=S) groups is 1. The van der Waals surface area contributed by atoms with Gasteiger partial charge in [-0.05, 0) is 43.0 Å². The van der Waals surface area contributed by atoms with Crippen molar-refractivity contribution in [1.82, 2.24) is 4.98 Å². The monoisotopic (exact) mass is 283 g/mol. The van der Waals surface area contributed by atoms with E-state index in [9.17, 15) is 0 Å². The van der Waals surface area contributed by atoms with Crippen molar-refractivity contribution in [3.05, 3.63) is 53.9 Å². The van der Waals surface area contributed by atoms with Crippen molar-refractivity contribution in [3.63, 3.8) is 0 Å². The van der Waals surface area contributed by atoms with Gasteiger partial charge in [0, 0.05) is 18.4 Å². The third-order valence-electron chi connectivity index (χ3n) is 3.67. The lowest BCUT2D eigenvalue weighted by Gasteiger charge is -2.26. The Hall–Kier alpha value is -1.94. The maximum Gasteiger partial charge on any atom is 0.124 e. The standard InChI is InChI=1S/C16H17N3S/c17-16(20)15-14(9-5-10-18-15)19-11-4-3-7-12-6-1-2-8-13(12)19/h1-2,5-6,8-10H,3-4,7,11H2,(H2,17,20). The fourth-order valence-corrected chi connectivity index (χ4v) is 2.90. The zero-order valence-electron chi connectivity index (χ0n) is 11.2. The highest BCUT2D eigenvalue weighted by atomic mass is 32.1. The molecule has 2 heterocycles. The number of aromatic nitrogens is 1. The second-order valence-electron chi connectivity index (χ2n) is 4.97. The molecule has 1 aromatic heterocycles. The van der Waals surface area contributed by atoms with Crippen LogP contribution in [-0.4, -0.2) is 16.5 Å². The first-order valence-corrected chi connectivity index (χ1v) is 7.28. The molecule has 2 N–H and O–H groups in total. The van der Waals surface area contributed by atoms with Gasteiger partial charge >= 0.3 is 0 Å². The van der Waals surface area contributed by atoms with E-state index in [0.29, 0.717) is 10.7 Å². The molecule has 0 saturated carbocycles. The van der Waals surface area contributed by atoms with E-state index >= 15 is 0 Å². The number of hydrogen-bond donors (Lipinski definition) is 1. The summed E-state index contributed by atoms with van der Waals surface area (Å²) >= 11 is 5.14. The Kier molecular flexibility index (Phi) is 3.65. The quantitative estimate of drug-likeness (QED) is 0.860. The van der Waals surface area contributed by atoms with Crippen LogP contribution in [0, 0.1) is 0 Å². The fourth-order valence-electron chi connectivity index (χ4n) is 2.75. The largest absolute Gasteiger partial charge is 0.388 e. The number of aryl methyl sites for hydroxylation is 1. The number of para-hydroxylation sites is 1. The Morgan fingerprint density at radius 3 is 2.75 bits per heavy atom. The molecule has 4 heteroatoms. The topological polar surface area (TPSA) is 42.1 Å². The Morgan fingerprint density at radius 1 is 1.10 bits per heavy atom. The molecule has 0 bridgehead atoms. The number of anilines is 2. The highest BCUT2D eigenvalue weighted by molar-refractivity contribution is 7.80. The third kappa shape index (κ3) is 2.39. The third-order valence-corrected chi connectivity index (χ3v) is 3.86. The maximum atomic E-state index is 5.82. The van der Waals surface area contributed by atoms with Gasteiger partial charge in [0.15, 0.2) is 0 Å². The predicted molar refractivity (Wildman–Crippen MR) is 86.5 cm³/mol. The van der Waals surface area contributed by atoms with Gasteiger partial charge in [-0.3, -0.25) is 4.98 Å². The normalized spacial score (nSPS) is 14.5. The van der Waals surface area contributed by atoms with Crippen LogP contribution in [0.4, 0.5) is 11.4 Å². The summed E-state index contributed by atoms with van der Waals surface area (Å²) in [4.78, 5) is 6.99. The van der Waals surface area contributed by atoms with Crippen LogP contribution < -0.4 is 10.6 Å². The van der Waals surface area contributed by atoms with Crippen LogP contribution in [0.3, 0.4) is 0 Å². The number of rotatable bonds is 2. The summed E-state index contributed by atoms with van der Waals surface area (Å²) in [6.45, 7) is 0.971. The van der Waals surface area contributed by atoms with Crippen molar-refractivity contribution < 1.29 is 0 Å². The van der Waals surface area contributed by atoms with Crippen LogP contribution in [0.25, 0.3) is 0 Å². The van der Waals surface area contributed by atoms with Crippen molar-refractivity contribution in [2.45, 2.75) is 19.3 Å². The summed E-state index contributed by atoms with van der Waals surface area (Å²) in [6, 6.07) is 12.5. The molecule has 0 atom stereocenters. The summed E-state index contributed by atoms with van der Waals surface area (Å²) < 4.78 is 0. The van der Waals surface area contributed by atoms with Gasteiger partial charge in [-0.15, -0.1) is 0 Å². The second kappa shape index (κ2) is 5.59. The van der Waals surface area contributed by atoms with Crippen molar-refractivity contribution in [2.75, 3.05) is 11.4 Å². The van der Waals surface area contributed by atoms with E-state index in [-0.39, 0.29) is 0 Å². The Labute approximate surface area is 124 Å². The van der Waals surface area contributed by atoms with Crippen LogP contribution in [0.5, 0.6) is 0 Å². The lowest BCUT2D eigenvalue weighted by molar-refractivity contribution is 0.760. The molecule has 2 aromatic rings. The van der Waals surface area contributed by atoms with Crippen molar-refractivity contribution in [3.8, 4) is 0 Å². The Balaban J connectivity index is 2.13. The van der Waals surface area contributed by atoms with E-state index in [1.807, 2.05) is 12.1 Å². The van der Waals surface area contributed by atoms with E-state index < -0.39 is 0 Å².